The molecule has 0 amide bonds. The van der Waals surface area contributed by atoms with Crippen LogP contribution >= 0.6 is 0 Å². The molecule has 0 atom stereocenters. The van der Waals surface area contributed by atoms with E-state index < -0.39 is 10.0 Å². The summed E-state index contributed by atoms with van der Waals surface area (Å²) < 4.78 is 24.2. The van der Waals surface area contributed by atoms with E-state index in [4.69, 9.17) is 5.14 Å². The summed E-state index contributed by atoms with van der Waals surface area (Å²) >= 11 is 0. The molecule has 4 nitrogen and oxygen atoms in total. The van der Waals surface area contributed by atoms with Crippen molar-refractivity contribution in [3.05, 3.63) is 66.9 Å². The first-order valence-electron chi connectivity index (χ1n) is 6.42. The van der Waals surface area contributed by atoms with E-state index in [1.807, 2.05) is 48.5 Å². The molecule has 1 heterocycles. The molecule has 0 spiro atoms. The van der Waals surface area contributed by atoms with Crippen molar-refractivity contribution in [2.24, 2.45) is 5.14 Å². The Hall–Kier alpha value is -2.37. The molecule has 21 heavy (non-hydrogen) atoms. The fourth-order valence-electron chi connectivity index (χ4n) is 2.40. The van der Waals surface area contributed by atoms with Crippen molar-refractivity contribution >= 4 is 10.0 Å². The molecule has 5 heteroatoms. The molecule has 3 aromatic rings. The molecule has 0 saturated heterocycles. The van der Waals surface area contributed by atoms with E-state index in [0.29, 0.717) is 11.1 Å². The second kappa shape index (κ2) is 5.20. The topological polar surface area (TPSA) is 76.0 Å². The standard InChI is InChI=1S/C16H14N2O2S/c17-21(19,20)16-13(12-6-2-1-3-7-12)8-4-9-14(16)15-10-5-11-18-15/h1-11,18H,(H2,17,19,20). The maximum Gasteiger partial charge on any atom is 0.239 e. The van der Waals surface area contributed by atoms with Gasteiger partial charge in [-0.3, -0.25) is 0 Å². The number of hydrogen-bond acceptors (Lipinski definition) is 2. The van der Waals surface area contributed by atoms with Crippen molar-refractivity contribution in [1.29, 1.82) is 0 Å². The highest BCUT2D eigenvalue weighted by Crippen LogP contribution is 2.34. The minimum absolute atomic E-state index is 0.138. The van der Waals surface area contributed by atoms with Crippen LogP contribution in [0.25, 0.3) is 22.4 Å². The van der Waals surface area contributed by atoms with Gasteiger partial charge >= 0.3 is 0 Å². The number of hydrogen-bond donors (Lipinski definition) is 2. The monoisotopic (exact) mass is 298 g/mol. The molecule has 0 radical (unpaired) electrons. The third-order valence-electron chi connectivity index (χ3n) is 3.27. The average Bonchev–Trinajstić information content (AvgIpc) is 3.00. The predicted molar refractivity (Wildman–Crippen MR) is 83.0 cm³/mol. The molecule has 0 unspecified atom stereocenters. The van der Waals surface area contributed by atoms with E-state index >= 15 is 0 Å². The molecule has 106 valence electrons. The Balaban J connectivity index is 2.35. The van der Waals surface area contributed by atoms with Gasteiger partial charge in [0.25, 0.3) is 0 Å². The van der Waals surface area contributed by atoms with Crippen molar-refractivity contribution in [1.82, 2.24) is 4.98 Å². The van der Waals surface area contributed by atoms with Gasteiger partial charge in [0.2, 0.25) is 10.0 Å². The number of aromatic amines is 1. The molecule has 0 bridgehead atoms. The lowest BCUT2D eigenvalue weighted by atomic mass is 10.0. The molecule has 0 fully saturated rings. The zero-order valence-corrected chi connectivity index (χ0v) is 12.0. The Morgan fingerprint density at radius 3 is 2.14 bits per heavy atom. The maximum atomic E-state index is 12.1. The number of sulfonamides is 1. The highest BCUT2D eigenvalue weighted by Gasteiger charge is 2.21. The van der Waals surface area contributed by atoms with Crippen molar-refractivity contribution in [2.75, 3.05) is 0 Å². The largest absolute Gasteiger partial charge is 0.361 e. The third-order valence-corrected chi connectivity index (χ3v) is 4.28. The van der Waals surface area contributed by atoms with E-state index in [1.165, 1.54) is 0 Å². The van der Waals surface area contributed by atoms with Crippen molar-refractivity contribution in [3.8, 4) is 22.4 Å². The summed E-state index contributed by atoms with van der Waals surface area (Å²) in [7, 11) is -3.86. The van der Waals surface area contributed by atoms with Crippen LogP contribution in [0.1, 0.15) is 0 Å². The summed E-state index contributed by atoms with van der Waals surface area (Å²) in [6.07, 6.45) is 1.75. The summed E-state index contributed by atoms with van der Waals surface area (Å²) in [5.74, 6) is 0. The molecular formula is C16H14N2O2S. The molecule has 2 aromatic carbocycles. The summed E-state index contributed by atoms with van der Waals surface area (Å²) in [5, 5.41) is 5.46. The number of rotatable bonds is 3. The normalized spacial score (nSPS) is 11.5. The second-order valence-electron chi connectivity index (χ2n) is 4.68. The lowest BCUT2D eigenvalue weighted by molar-refractivity contribution is 0.598. The second-order valence-corrected chi connectivity index (χ2v) is 6.18. The van der Waals surface area contributed by atoms with Crippen molar-refractivity contribution in [3.63, 3.8) is 0 Å². The van der Waals surface area contributed by atoms with Crippen LogP contribution in [0.5, 0.6) is 0 Å². The van der Waals surface area contributed by atoms with Crippen LogP contribution in [0.2, 0.25) is 0 Å². The third kappa shape index (κ3) is 2.61. The van der Waals surface area contributed by atoms with Gasteiger partial charge in [0.1, 0.15) is 0 Å². The Labute approximate surface area is 123 Å². The highest BCUT2D eigenvalue weighted by atomic mass is 32.2. The lowest BCUT2D eigenvalue weighted by Crippen LogP contribution is -2.15. The molecule has 0 aliphatic heterocycles. The number of nitrogens with two attached hydrogens (primary N) is 1. The predicted octanol–water partition coefficient (Wildman–Crippen LogP) is 3.00. The van der Waals surface area contributed by atoms with E-state index in [0.717, 1.165) is 11.3 Å². The quantitative estimate of drug-likeness (QED) is 0.780. The van der Waals surface area contributed by atoms with Crippen LogP contribution in [-0.2, 0) is 10.0 Å². The highest BCUT2D eigenvalue weighted by molar-refractivity contribution is 7.89. The van der Waals surface area contributed by atoms with Gasteiger partial charge in [-0.15, -0.1) is 0 Å². The van der Waals surface area contributed by atoms with E-state index in [1.54, 1.807) is 18.3 Å². The first-order valence-corrected chi connectivity index (χ1v) is 7.97. The summed E-state index contributed by atoms with van der Waals surface area (Å²) in [6, 6.07) is 18.3. The van der Waals surface area contributed by atoms with Gasteiger partial charge in [-0.1, -0.05) is 48.5 Å². The number of primary sulfonamides is 1. The smallest absolute Gasteiger partial charge is 0.239 e. The van der Waals surface area contributed by atoms with Crippen LogP contribution < -0.4 is 5.14 Å². The minimum atomic E-state index is -3.86. The van der Waals surface area contributed by atoms with Crippen LogP contribution in [0.3, 0.4) is 0 Å². The molecule has 3 N–H and O–H groups in total. The summed E-state index contributed by atoms with van der Waals surface area (Å²) in [6.45, 7) is 0. The maximum absolute atomic E-state index is 12.1. The van der Waals surface area contributed by atoms with Crippen molar-refractivity contribution in [2.45, 2.75) is 4.90 Å². The van der Waals surface area contributed by atoms with Crippen LogP contribution in [0.4, 0.5) is 0 Å². The Kier molecular flexibility index (Phi) is 3.37. The van der Waals surface area contributed by atoms with Gasteiger partial charge in [-0.2, -0.15) is 0 Å². The summed E-state index contributed by atoms with van der Waals surface area (Å²) in [5.41, 5.74) is 2.71. The molecule has 0 saturated carbocycles. The molecule has 3 rings (SSSR count). The Morgan fingerprint density at radius 2 is 1.52 bits per heavy atom. The van der Waals surface area contributed by atoms with Crippen LogP contribution in [0.15, 0.2) is 71.8 Å². The minimum Gasteiger partial charge on any atom is -0.361 e. The SMILES string of the molecule is NS(=O)(=O)c1c(-c2ccccc2)cccc1-c1ccc[nH]1. The van der Waals surface area contributed by atoms with Gasteiger partial charge < -0.3 is 4.98 Å². The molecule has 1 aromatic heterocycles. The lowest BCUT2D eigenvalue weighted by Gasteiger charge is -2.12. The van der Waals surface area contributed by atoms with Crippen LogP contribution in [-0.4, -0.2) is 13.4 Å². The molecule has 0 aliphatic rings. The molecular weight excluding hydrogens is 284 g/mol. The Bertz CT molecular complexity index is 855. The zero-order valence-electron chi connectivity index (χ0n) is 11.2. The molecule has 0 aliphatic carbocycles. The van der Waals surface area contributed by atoms with E-state index in [9.17, 15) is 8.42 Å². The number of benzene rings is 2. The summed E-state index contributed by atoms with van der Waals surface area (Å²) in [4.78, 5) is 3.16. The average molecular weight is 298 g/mol. The Morgan fingerprint density at radius 1 is 0.810 bits per heavy atom. The fourth-order valence-corrected chi connectivity index (χ4v) is 3.38. The first kappa shape index (κ1) is 13.6. The van der Waals surface area contributed by atoms with Crippen molar-refractivity contribution < 1.29 is 8.42 Å². The van der Waals surface area contributed by atoms with Gasteiger partial charge in [0.05, 0.1) is 4.90 Å². The van der Waals surface area contributed by atoms with Gasteiger partial charge in [-0.25, -0.2) is 13.6 Å². The van der Waals surface area contributed by atoms with Crippen LogP contribution in [0, 0.1) is 0 Å². The van der Waals surface area contributed by atoms with E-state index in [2.05, 4.69) is 4.98 Å². The number of nitrogens with one attached hydrogen (secondary N) is 1. The first-order chi connectivity index (χ1) is 10.1. The van der Waals surface area contributed by atoms with E-state index in [-0.39, 0.29) is 4.90 Å². The van der Waals surface area contributed by atoms with Gasteiger partial charge in [-0.05, 0) is 17.7 Å². The van der Waals surface area contributed by atoms with Gasteiger partial charge in [0, 0.05) is 23.0 Å². The fraction of sp³-hybridized carbons (Fsp3) is 0. The zero-order chi connectivity index (χ0) is 14.9. The van der Waals surface area contributed by atoms with Gasteiger partial charge in [0.15, 0.2) is 0 Å². The number of H-pyrrole nitrogens is 1. The number of aromatic nitrogens is 1.